The van der Waals surface area contributed by atoms with Gasteiger partial charge >= 0.3 is 0 Å². The minimum Gasteiger partial charge on any atom is -0.497 e. The van der Waals surface area contributed by atoms with Crippen LogP contribution < -0.4 is 20.1 Å². The monoisotopic (exact) mass is 469 g/mol. The highest BCUT2D eigenvalue weighted by molar-refractivity contribution is 6.00. The highest BCUT2D eigenvalue weighted by Crippen LogP contribution is 2.26. The van der Waals surface area contributed by atoms with Gasteiger partial charge in [-0.3, -0.25) is 9.59 Å². The number of methoxy groups -OCH3 is 2. The standard InChI is InChI=1S/C26H23N5O4/c1-4-17-6-5-7-21(10-17)30-24(32)15-28-26(33)20-11-19-14-29-31(25(19)27-13-20)16-18-8-9-22(34-2)12-23(18)35-3/h1,5-14H,15-16H2,2-3H3,(H,28,33)(H,30,32). The van der Waals surface area contributed by atoms with Gasteiger partial charge in [-0.05, 0) is 36.4 Å². The zero-order valence-corrected chi connectivity index (χ0v) is 19.2. The first kappa shape index (κ1) is 23.3. The molecule has 0 unspecified atom stereocenters. The van der Waals surface area contributed by atoms with Gasteiger partial charge in [0.2, 0.25) is 5.91 Å². The van der Waals surface area contributed by atoms with Gasteiger partial charge in [-0.1, -0.05) is 12.0 Å². The number of fused-ring (bicyclic) bond motifs is 1. The van der Waals surface area contributed by atoms with Crippen molar-refractivity contribution in [2.45, 2.75) is 6.54 Å². The number of carbonyl (C=O) groups is 2. The van der Waals surface area contributed by atoms with Gasteiger partial charge in [0.05, 0.1) is 39.1 Å². The Hall–Kier alpha value is -4.84. The van der Waals surface area contributed by atoms with Crippen molar-refractivity contribution in [3.63, 3.8) is 0 Å². The fraction of sp³-hybridized carbons (Fsp3) is 0.154. The van der Waals surface area contributed by atoms with Crippen molar-refractivity contribution in [3.8, 4) is 23.8 Å². The van der Waals surface area contributed by atoms with Crippen LogP contribution in [0.2, 0.25) is 0 Å². The summed E-state index contributed by atoms with van der Waals surface area (Å²) in [5.41, 5.74) is 3.05. The van der Waals surface area contributed by atoms with E-state index in [-0.39, 0.29) is 12.5 Å². The lowest BCUT2D eigenvalue weighted by atomic mass is 10.2. The van der Waals surface area contributed by atoms with Crippen LogP contribution >= 0.6 is 0 Å². The number of nitrogens with zero attached hydrogens (tertiary/aromatic N) is 3. The third-order valence-electron chi connectivity index (χ3n) is 5.27. The average molecular weight is 470 g/mol. The number of aromatic nitrogens is 3. The number of terminal acetylenes is 1. The number of anilines is 1. The summed E-state index contributed by atoms with van der Waals surface area (Å²) in [4.78, 5) is 29.2. The maximum atomic E-state index is 12.6. The van der Waals surface area contributed by atoms with Gasteiger partial charge in [-0.2, -0.15) is 5.10 Å². The van der Waals surface area contributed by atoms with Crippen molar-refractivity contribution >= 4 is 28.5 Å². The number of nitrogens with one attached hydrogen (secondary N) is 2. The van der Waals surface area contributed by atoms with Crippen LogP contribution in [0, 0.1) is 12.3 Å². The minimum absolute atomic E-state index is 0.201. The van der Waals surface area contributed by atoms with E-state index in [0.29, 0.717) is 45.9 Å². The van der Waals surface area contributed by atoms with E-state index in [1.807, 2.05) is 12.1 Å². The molecule has 0 atom stereocenters. The average Bonchev–Trinajstić information content (AvgIpc) is 3.29. The molecule has 4 aromatic rings. The van der Waals surface area contributed by atoms with Gasteiger partial charge in [0, 0.05) is 34.5 Å². The Labute approximate surface area is 202 Å². The summed E-state index contributed by atoms with van der Waals surface area (Å²) in [5.74, 6) is 3.08. The van der Waals surface area contributed by atoms with E-state index in [9.17, 15) is 9.59 Å². The van der Waals surface area contributed by atoms with E-state index >= 15 is 0 Å². The molecule has 0 aliphatic rings. The largest absolute Gasteiger partial charge is 0.497 e. The molecule has 0 fully saturated rings. The summed E-state index contributed by atoms with van der Waals surface area (Å²) in [6.07, 6.45) is 8.47. The van der Waals surface area contributed by atoms with Crippen LogP contribution in [0.5, 0.6) is 11.5 Å². The third-order valence-corrected chi connectivity index (χ3v) is 5.27. The summed E-state index contributed by atoms with van der Waals surface area (Å²) in [6.45, 7) is 0.226. The second-order valence-corrected chi connectivity index (χ2v) is 7.57. The number of carbonyl (C=O) groups excluding carboxylic acids is 2. The number of rotatable bonds is 8. The molecule has 2 aromatic carbocycles. The Kier molecular flexibility index (Phi) is 6.93. The van der Waals surface area contributed by atoms with Gasteiger partial charge in [-0.25, -0.2) is 9.67 Å². The Bertz CT molecular complexity index is 1440. The van der Waals surface area contributed by atoms with E-state index in [2.05, 4.69) is 26.6 Å². The number of ether oxygens (including phenoxy) is 2. The molecule has 4 rings (SSSR count). The van der Waals surface area contributed by atoms with E-state index in [0.717, 1.165) is 5.56 Å². The predicted molar refractivity (Wildman–Crippen MR) is 132 cm³/mol. The molecule has 0 aliphatic carbocycles. The summed E-state index contributed by atoms with van der Waals surface area (Å²) in [5, 5.41) is 10.4. The van der Waals surface area contributed by atoms with E-state index in [1.165, 1.54) is 6.20 Å². The number of hydrogen-bond donors (Lipinski definition) is 2. The molecule has 0 saturated heterocycles. The Morgan fingerprint density at radius 1 is 1.09 bits per heavy atom. The molecule has 2 aromatic heterocycles. The Morgan fingerprint density at radius 2 is 1.94 bits per heavy atom. The molecule has 0 aliphatic heterocycles. The van der Waals surface area contributed by atoms with Gasteiger partial charge in [0.1, 0.15) is 11.5 Å². The lowest BCUT2D eigenvalue weighted by Crippen LogP contribution is -2.32. The van der Waals surface area contributed by atoms with Crippen molar-refractivity contribution in [2.75, 3.05) is 26.1 Å². The van der Waals surface area contributed by atoms with Crippen molar-refractivity contribution < 1.29 is 19.1 Å². The fourth-order valence-corrected chi connectivity index (χ4v) is 3.51. The molecule has 35 heavy (non-hydrogen) atoms. The first-order valence-electron chi connectivity index (χ1n) is 10.7. The molecule has 0 saturated carbocycles. The first-order chi connectivity index (χ1) is 17.0. The highest BCUT2D eigenvalue weighted by atomic mass is 16.5. The van der Waals surface area contributed by atoms with Crippen LogP contribution in [0.3, 0.4) is 0 Å². The van der Waals surface area contributed by atoms with Gasteiger partial charge in [0.15, 0.2) is 5.65 Å². The summed E-state index contributed by atoms with van der Waals surface area (Å²) >= 11 is 0. The van der Waals surface area contributed by atoms with Crippen LogP contribution in [0.1, 0.15) is 21.5 Å². The molecule has 0 spiro atoms. The summed E-state index contributed by atoms with van der Waals surface area (Å²) in [6, 6.07) is 14.1. The second-order valence-electron chi connectivity index (χ2n) is 7.57. The number of pyridine rings is 1. The topological polar surface area (TPSA) is 107 Å². The fourth-order valence-electron chi connectivity index (χ4n) is 3.51. The second kappa shape index (κ2) is 10.4. The maximum Gasteiger partial charge on any atom is 0.253 e. The van der Waals surface area contributed by atoms with Gasteiger partial charge in [-0.15, -0.1) is 6.42 Å². The molecular formula is C26H23N5O4. The van der Waals surface area contributed by atoms with Gasteiger partial charge < -0.3 is 20.1 Å². The Morgan fingerprint density at radius 3 is 2.71 bits per heavy atom. The van der Waals surface area contributed by atoms with Gasteiger partial charge in [0.25, 0.3) is 5.91 Å². The van der Waals surface area contributed by atoms with Crippen LogP contribution in [-0.2, 0) is 11.3 Å². The van der Waals surface area contributed by atoms with Crippen molar-refractivity contribution in [1.29, 1.82) is 0 Å². The number of hydrogen-bond acceptors (Lipinski definition) is 6. The molecule has 2 N–H and O–H groups in total. The highest BCUT2D eigenvalue weighted by Gasteiger charge is 2.14. The maximum absolute atomic E-state index is 12.6. The van der Waals surface area contributed by atoms with Crippen LogP contribution in [0.25, 0.3) is 11.0 Å². The summed E-state index contributed by atoms with van der Waals surface area (Å²) in [7, 11) is 3.19. The zero-order chi connectivity index (χ0) is 24.8. The van der Waals surface area contributed by atoms with Crippen LogP contribution in [0.15, 0.2) is 60.9 Å². The smallest absolute Gasteiger partial charge is 0.253 e. The van der Waals surface area contributed by atoms with Crippen LogP contribution in [-0.4, -0.2) is 47.3 Å². The lowest BCUT2D eigenvalue weighted by molar-refractivity contribution is -0.115. The molecule has 2 heterocycles. The van der Waals surface area contributed by atoms with Crippen molar-refractivity contribution in [3.05, 3.63) is 77.6 Å². The third kappa shape index (κ3) is 5.39. The zero-order valence-electron chi connectivity index (χ0n) is 19.2. The molecule has 0 bridgehead atoms. The predicted octanol–water partition coefficient (Wildman–Crippen LogP) is 2.85. The minimum atomic E-state index is -0.420. The molecule has 9 heteroatoms. The van der Waals surface area contributed by atoms with Crippen molar-refractivity contribution in [1.82, 2.24) is 20.1 Å². The normalized spacial score (nSPS) is 10.4. The first-order valence-corrected chi connectivity index (χ1v) is 10.7. The molecule has 2 amide bonds. The SMILES string of the molecule is C#Cc1cccc(NC(=O)CNC(=O)c2cnc3c(cnn3Cc3ccc(OC)cc3OC)c2)c1. The summed E-state index contributed by atoms with van der Waals surface area (Å²) < 4.78 is 12.4. The Balaban J connectivity index is 1.41. The number of benzene rings is 2. The van der Waals surface area contributed by atoms with E-state index in [1.54, 1.807) is 61.5 Å². The molecule has 176 valence electrons. The molecule has 9 nitrogen and oxygen atoms in total. The van der Waals surface area contributed by atoms with E-state index < -0.39 is 5.91 Å². The van der Waals surface area contributed by atoms with Crippen molar-refractivity contribution in [2.24, 2.45) is 0 Å². The molecular weight excluding hydrogens is 446 g/mol. The molecule has 0 radical (unpaired) electrons. The van der Waals surface area contributed by atoms with Crippen LogP contribution in [0.4, 0.5) is 5.69 Å². The quantitative estimate of drug-likeness (QED) is 0.384. The number of amides is 2. The lowest BCUT2D eigenvalue weighted by Gasteiger charge is -2.11. The van der Waals surface area contributed by atoms with E-state index in [4.69, 9.17) is 15.9 Å².